The molecule has 1 aromatic carbocycles. The number of nitrogen functional groups attached to an aromatic ring is 1. The summed E-state index contributed by atoms with van der Waals surface area (Å²) in [6.07, 6.45) is 2.14. The maximum Gasteiger partial charge on any atom is 0.250 e. The molecule has 0 radical (unpaired) electrons. The van der Waals surface area contributed by atoms with Crippen molar-refractivity contribution in [3.8, 4) is 0 Å². The van der Waals surface area contributed by atoms with E-state index in [2.05, 4.69) is 5.32 Å². The van der Waals surface area contributed by atoms with Crippen molar-refractivity contribution in [2.75, 3.05) is 18.2 Å². The molecular weight excluding hydrogens is 218 g/mol. The quantitative estimate of drug-likeness (QED) is 0.678. The average molecular weight is 235 g/mol. The van der Waals surface area contributed by atoms with Gasteiger partial charge < -0.3 is 21.5 Å². The molecule has 1 aliphatic rings. The lowest BCUT2D eigenvalue weighted by Gasteiger charge is -2.35. The largest absolute Gasteiger partial charge is 0.397 e. The minimum atomic E-state index is -0.470. The molecule has 2 rings (SSSR count). The highest BCUT2D eigenvalue weighted by molar-refractivity contribution is 6.01. The van der Waals surface area contributed by atoms with E-state index in [1.807, 2.05) is 0 Å². The first kappa shape index (κ1) is 11.7. The summed E-state index contributed by atoms with van der Waals surface area (Å²) in [4.78, 5) is 11.3. The number of nitrogens with one attached hydrogen (secondary N) is 1. The number of carbonyl (C=O) groups is 1. The van der Waals surface area contributed by atoms with Crippen LogP contribution >= 0.6 is 0 Å². The lowest BCUT2D eigenvalue weighted by atomic mass is 9.88. The Labute approximate surface area is 100 Å². The van der Waals surface area contributed by atoms with Crippen LogP contribution in [0.1, 0.15) is 23.2 Å². The van der Waals surface area contributed by atoms with Crippen LogP contribution in [0.2, 0.25) is 0 Å². The van der Waals surface area contributed by atoms with E-state index in [0.29, 0.717) is 29.1 Å². The number of benzene rings is 1. The van der Waals surface area contributed by atoms with E-state index in [1.54, 1.807) is 25.3 Å². The van der Waals surface area contributed by atoms with Crippen LogP contribution in [-0.2, 0) is 4.74 Å². The number of ether oxygens (including phenoxy) is 1. The Morgan fingerprint density at radius 1 is 1.47 bits per heavy atom. The van der Waals surface area contributed by atoms with E-state index in [1.165, 1.54) is 0 Å². The van der Waals surface area contributed by atoms with Gasteiger partial charge in [-0.1, -0.05) is 6.07 Å². The van der Waals surface area contributed by atoms with E-state index >= 15 is 0 Å². The van der Waals surface area contributed by atoms with Gasteiger partial charge in [0.2, 0.25) is 0 Å². The Balaban J connectivity index is 2.12. The molecule has 0 saturated heterocycles. The van der Waals surface area contributed by atoms with Crippen molar-refractivity contribution in [1.29, 1.82) is 0 Å². The van der Waals surface area contributed by atoms with Crippen LogP contribution in [0.5, 0.6) is 0 Å². The van der Waals surface area contributed by atoms with Gasteiger partial charge in [0.15, 0.2) is 0 Å². The molecule has 0 bridgehead atoms. The van der Waals surface area contributed by atoms with Gasteiger partial charge >= 0.3 is 0 Å². The molecule has 17 heavy (non-hydrogen) atoms. The molecule has 0 spiro atoms. The molecule has 0 atom stereocenters. The Kier molecular flexibility index (Phi) is 3.19. The van der Waals surface area contributed by atoms with Crippen molar-refractivity contribution in [1.82, 2.24) is 0 Å². The molecule has 0 heterocycles. The second-order valence-electron chi connectivity index (χ2n) is 4.30. The van der Waals surface area contributed by atoms with Crippen LogP contribution < -0.4 is 16.8 Å². The van der Waals surface area contributed by atoms with Gasteiger partial charge in [0.25, 0.3) is 5.91 Å². The van der Waals surface area contributed by atoms with Gasteiger partial charge in [-0.05, 0) is 25.0 Å². The van der Waals surface area contributed by atoms with E-state index < -0.39 is 5.91 Å². The number of nitrogens with two attached hydrogens (primary N) is 2. The van der Waals surface area contributed by atoms with Crippen molar-refractivity contribution < 1.29 is 9.53 Å². The predicted octanol–water partition coefficient (Wildman–Crippen LogP) is 0.957. The number of amides is 1. The molecule has 1 amide bonds. The number of methoxy groups -OCH3 is 1. The molecule has 0 unspecified atom stereocenters. The third kappa shape index (κ3) is 2.34. The first-order valence-corrected chi connectivity index (χ1v) is 5.59. The zero-order chi connectivity index (χ0) is 12.4. The second kappa shape index (κ2) is 4.63. The summed E-state index contributed by atoms with van der Waals surface area (Å²) >= 11 is 0. The number of rotatable bonds is 4. The van der Waals surface area contributed by atoms with Crippen molar-refractivity contribution >= 4 is 17.3 Å². The fourth-order valence-electron chi connectivity index (χ4n) is 2.02. The first-order valence-electron chi connectivity index (χ1n) is 5.59. The topological polar surface area (TPSA) is 90.4 Å². The number of carbonyl (C=O) groups excluding carboxylic acids is 1. The minimum Gasteiger partial charge on any atom is -0.397 e. The highest BCUT2D eigenvalue weighted by atomic mass is 16.5. The third-order valence-electron chi connectivity index (χ3n) is 3.14. The van der Waals surface area contributed by atoms with Gasteiger partial charge in [-0.15, -0.1) is 0 Å². The number of hydrogen-bond acceptors (Lipinski definition) is 4. The number of hydrogen-bond donors (Lipinski definition) is 3. The number of anilines is 2. The fourth-order valence-corrected chi connectivity index (χ4v) is 2.02. The zero-order valence-electron chi connectivity index (χ0n) is 9.77. The highest BCUT2D eigenvalue weighted by Gasteiger charge is 2.29. The van der Waals surface area contributed by atoms with Crippen LogP contribution in [0, 0.1) is 0 Å². The van der Waals surface area contributed by atoms with Gasteiger partial charge in [0.1, 0.15) is 0 Å². The summed E-state index contributed by atoms with van der Waals surface area (Å²) in [5.74, 6) is -0.470. The van der Waals surface area contributed by atoms with Crippen LogP contribution in [-0.4, -0.2) is 25.2 Å². The molecule has 5 heteroatoms. The van der Waals surface area contributed by atoms with Gasteiger partial charge in [-0.2, -0.15) is 0 Å². The molecule has 1 aromatic rings. The zero-order valence-corrected chi connectivity index (χ0v) is 9.77. The van der Waals surface area contributed by atoms with Crippen molar-refractivity contribution in [3.63, 3.8) is 0 Å². The maximum atomic E-state index is 11.3. The lowest BCUT2D eigenvalue weighted by Crippen LogP contribution is -2.40. The molecule has 5 N–H and O–H groups in total. The maximum absolute atomic E-state index is 11.3. The Hall–Kier alpha value is -1.75. The van der Waals surface area contributed by atoms with Crippen LogP contribution in [0.25, 0.3) is 0 Å². The predicted molar refractivity (Wildman–Crippen MR) is 66.8 cm³/mol. The molecule has 1 aliphatic carbocycles. The standard InChI is InChI=1S/C12H17N3O2/c1-17-8-5-7(6-8)15-11-9(12(14)16)3-2-4-10(11)13/h2-4,7-8,15H,5-6,13H2,1H3,(H2,14,16). The van der Waals surface area contributed by atoms with E-state index in [0.717, 1.165) is 12.8 Å². The van der Waals surface area contributed by atoms with Gasteiger partial charge in [-0.25, -0.2) is 0 Å². The SMILES string of the molecule is COC1CC(Nc2c(N)cccc2C(N)=O)C1. The van der Waals surface area contributed by atoms with Crippen molar-refractivity contribution in [2.45, 2.75) is 25.0 Å². The Morgan fingerprint density at radius 2 is 2.18 bits per heavy atom. The highest BCUT2D eigenvalue weighted by Crippen LogP contribution is 2.30. The molecular formula is C12H17N3O2. The normalized spacial score (nSPS) is 22.9. The average Bonchev–Trinajstić information content (AvgIpc) is 2.24. The van der Waals surface area contributed by atoms with Gasteiger partial charge in [0, 0.05) is 13.2 Å². The minimum absolute atomic E-state index is 0.294. The van der Waals surface area contributed by atoms with E-state index in [4.69, 9.17) is 16.2 Å². The summed E-state index contributed by atoms with van der Waals surface area (Å²) in [6.45, 7) is 0. The number of para-hydroxylation sites is 1. The third-order valence-corrected chi connectivity index (χ3v) is 3.14. The molecule has 0 aliphatic heterocycles. The van der Waals surface area contributed by atoms with Crippen LogP contribution in [0.3, 0.4) is 0 Å². The van der Waals surface area contributed by atoms with Crippen molar-refractivity contribution in [2.24, 2.45) is 5.73 Å². The monoisotopic (exact) mass is 235 g/mol. The molecule has 92 valence electrons. The van der Waals surface area contributed by atoms with E-state index in [-0.39, 0.29) is 0 Å². The Bertz CT molecular complexity index is 428. The summed E-state index contributed by atoms with van der Waals surface area (Å²) < 4.78 is 5.20. The second-order valence-corrected chi connectivity index (χ2v) is 4.30. The molecule has 5 nitrogen and oxygen atoms in total. The molecule has 1 fully saturated rings. The number of primary amides is 1. The summed E-state index contributed by atoms with van der Waals surface area (Å²) in [5, 5.41) is 3.26. The Morgan fingerprint density at radius 3 is 2.76 bits per heavy atom. The smallest absolute Gasteiger partial charge is 0.250 e. The van der Waals surface area contributed by atoms with Gasteiger partial charge in [-0.3, -0.25) is 4.79 Å². The van der Waals surface area contributed by atoms with Gasteiger partial charge in [0.05, 0.1) is 23.0 Å². The van der Waals surface area contributed by atoms with Crippen molar-refractivity contribution in [3.05, 3.63) is 23.8 Å². The van der Waals surface area contributed by atoms with Crippen LogP contribution in [0.4, 0.5) is 11.4 Å². The molecule has 0 aromatic heterocycles. The fraction of sp³-hybridized carbons (Fsp3) is 0.417. The first-order chi connectivity index (χ1) is 8.11. The van der Waals surface area contributed by atoms with E-state index in [9.17, 15) is 4.79 Å². The summed E-state index contributed by atoms with van der Waals surface area (Å²) in [7, 11) is 1.70. The summed E-state index contributed by atoms with van der Waals surface area (Å²) in [6, 6.07) is 5.44. The molecule has 1 saturated carbocycles. The summed E-state index contributed by atoms with van der Waals surface area (Å²) in [5.41, 5.74) is 12.8. The lowest BCUT2D eigenvalue weighted by molar-refractivity contribution is 0.0329. The van der Waals surface area contributed by atoms with Crippen LogP contribution in [0.15, 0.2) is 18.2 Å².